The van der Waals surface area contributed by atoms with Gasteiger partial charge in [-0.3, -0.25) is 0 Å². The Hall–Kier alpha value is -3.04. The second-order valence-electron chi connectivity index (χ2n) is 9.24. The summed E-state index contributed by atoms with van der Waals surface area (Å²) in [6.07, 6.45) is 2.24. The molecule has 34 heavy (non-hydrogen) atoms. The predicted molar refractivity (Wildman–Crippen MR) is 127 cm³/mol. The van der Waals surface area contributed by atoms with E-state index in [0.29, 0.717) is 19.5 Å². The quantitative estimate of drug-likeness (QED) is 0.181. The van der Waals surface area contributed by atoms with E-state index in [4.69, 9.17) is 19.3 Å². The highest BCUT2D eigenvalue weighted by atomic mass is 16.6. The smallest absolute Gasteiger partial charge is 0.407 e. The molecule has 0 bridgehead atoms. The van der Waals surface area contributed by atoms with Gasteiger partial charge in [-0.1, -0.05) is 33.4 Å². The van der Waals surface area contributed by atoms with Crippen LogP contribution in [0.2, 0.25) is 0 Å². The number of carbonyl (C=O) groups excluding carboxylic acids is 3. The first-order chi connectivity index (χ1) is 15.8. The first-order valence-corrected chi connectivity index (χ1v) is 11.3. The molecule has 10 heteroatoms. The number of hydrogen-bond donors (Lipinski definition) is 3. The number of amides is 2. The van der Waals surface area contributed by atoms with E-state index < -0.39 is 36.3 Å². The Labute approximate surface area is 202 Å². The first kappa shape index (κ1) is 31.0. The van der Waals surface area contributed by atoms with Gasteiger partial charge in [-0.25, -0.2) is 19.2 Å². The van der Waals surface area contributed by atoms with E-state index in [1.165, 1.54) is 13.0 Å². The van der Waals surface area contributed by atoms with Crippen molar-refractivity contribution < 1.29 is 38.5 Å². The Morgan fingerprint density at radius 2 is 1.62 bits per heavy atom. The highest BCUT2D eigenvalue weighted by Gasteiger charge is 2.23. The van der Waals surface area contributed by atoms with Gasteiger partial charge >= 0.3 is 24.1 Å². The van der Waals surface area contributed by atoms with Crippen LogP contribution in [0.15, 0.2) is 24.3 Å². The number of ether oxygens (including phenoxy) is 3. The zero-order valence-electron chi connectivity index (χ0n) is 21.1. The number of rotatable bonds is 15. The molecule has 2 amide bonds. The summed E-state index contributed by atoms with van der Waals surface area (Å²) < 4.78 is 15.2. The van der Waals surface area contributed by atoms with Gasteiger partial charge in [0.15, 0.2) is 0 Å². The van der Waals surface area contributed by atoms with Crippen LogP contribution in [0.25, 0.3) is 0 Å². The number of aliphatic carboxylic acids is 1. The van der Waals surface area contributed by atoms with Crippen LogP contribution in [-0.2, 0) is 23.8 Å². The number of esters is 1. The van der Waals surface area contributed by atoms with Gasteiger partial charge in [0.2, 0.25) is 0 Å². The number of carbonyl (C=O) groups is 4. The van der Waals surface area contributed by atoms with Gasteiger partial charge in [0.25, 0.3) is 0 Å². The van der Waals surface area contributed by atoms with Crippen LogP contribution in [0.1, 0.15) is 60.8 Å². The zero-order valence-corrected chi connectivity index (χ0v) is 21.1. The molecule has 0 spiro atoms. The minimum absolute atomic E-state index is 0.0459. The monoisotopic (exact) mass is 484 g/mol. The third-order valence-corrected chi connectivity index (χ3v) is 4.86. The normalized spacial score (nSPS) is 14.2. The van der Waals surface area contributed by atoms with Crippen molar-refractivity contribution in [3.63, 3.8) is 0 Å². The lowest BCUT2D eigenvalue weighted by Gasteiger charge is -2.28. The Morgan fingerprint density at radius 3 is 2.21 bits per heavy atom. The van der Waals surface area contributed by atoms with Gasteiger partial charge in [0.05, 0.1) is 0 Å². The fourth-order valence-corrected chi connectivity index (χ4v) is 3.07. The third-order valence-electron chi connectivity index (χ3n) is 4.86. The van der Waals surface area contributed by atoms with Crippen LogP contribution >= 0.6 is 0 Å². The topological polar surface area (TPSA) is 140 Å². The summed E-state index contributed by atoms with van der Waals surface area (Å²) in [5.41, 5.74) is 0.00295. The van der Waals surface area contributed by atoms with Crippen molar-refractivity contribution in [1.82, 2.24) is 10.6 Å². The van der Waals surface area contributed by atoms with Gasteiger partial charge in [-0.2, -0.15) is 0 Å². The first-order valence-electron chi connectivity index (χ1n) is 11.3. The largest absolute Gasteiger partial charge is 0.478 e. The molecule has 0 aliphatic heterocycles. The number of hydrogen-bond acceptors (Lipinski definition) is 7. The fraction of sp³-hybridized carbons (Fsp3) is 0.667. The molecule has 0 aromatic rings. The maximum absolute atomic E-state index is 12.0. The van der Waals surface area contributed by atoms with Crippen LogP contribution in [0.4, 0.5) is 9.59 Å². The Bertz CT molecular complexity index is 732. The molecule has 3 N–H and O–H groups in total. The summed E-state index contributed by atoms with van der Waals surface area (Å²) in [6, 6.07) is 0. The molecular formula is C24H40N2O8. The van der Waals surface area contributed by atoms with E-state index in [9.17, 15) is 19.2 Å². The van der Waals surface area contributed by atoms with E-state index in [-0.39, 0.29) is 23.5 Å². The molecule has 3 atom stereocenters. The average molecular weight is 485 g/mol. The summed E-state index contributed by atoms with van der Waals surface area (Å²) in [5.74, 6) is -1.31. The van der Waals surface area contributed by atoms with Gasteiger partial charge < -0.3 is 30.0 Å². The summed E-state index contributed by atoms with van der Waals surface area (Å²) in [6.45, 7) is 15.0. The molecule has 0 heterocycles. The maximum atomic E-state index is 12.0. The van der Waals surface area contributed by atoms with Crippen LogP contribution in [0, 0.1) is 11.3 Å². The average Bonchev–Trinajstić information content (AvgIpc) is 2.73. The lowest BCUT2D eigenvalue weighted by molar-refractivity contribution is -0.140. The SMILES string of the molecule is C=CC(=O)OCC(C)OC(=O)NCCC(C)CC(C)(C)CNC(=O)OC(C)C/C=C(\C)C(=O)O. The van der Waals surface area contributed by atoms with Crippen molar-refractivity contribution in [2.45, 2.75) is 73.0 Å². The zero-order chi connectivity index (χ0) is 26.3. The maximum Gasteiger partial charge on any atom is 0.407 e. The van der Waals surface area contributed by atoms with Crippen LogP contribution < -0.4 is 10.6 Å². The van der Waals surface area contributed by atoms with Crippen LogP contribution in [0.5, 0.6) is 0 Å². The second-order valence-corrected chi connectivity index (χ2v) is 9.24. The van der Waals surface area contributed by atoms with Crippen LogP contribution in [0.3, 0.4) is 0 Å². The molecule has 0 aliphatic rings. The Balaban J connectivity index is 4.21. The minimum Gasteiger partial charge on any atom is -0.478 e. The highest BCUT2D eigenvalue weighted by Crippen LogP contribution is 2.26. The van der Waals surface area contributed by atoms with Crippen molar-refractivity contribution in [3.8, 4) is 0 Å². The molecule has 3 unspecified atom stereocenters. The van der Waals surface area contributed by atoms with Gasteiger partial charge in [-0.05, 0) is 44.9 Å². The van der Waals surface area contributed by atoms with E-state index >= 15 is 0 Å². The summed E-state index contributed by atoms with van der Waals surface area (Å²) >= 11 is 0. The molecule has 0 aromatic heterocycles. The molecule has 0 fully saturated rings. The molecule has 0 aliphatic carbocycles. The van der Waals surface area contributed by atoms with Crippen molar-refractivity contribution >= 4 is 24.1 Å². The van der Waals surface area contributed by atoms with E-state index in [1.54, 1.807) is 13.8 Å². The van der Waals surface area contributed by atoms with Gasteiger partial charge in [-0.15, -0.1) is 0 Å². The number of carboxylic acid groups (broad SMARTS) is 1. The molecule has 0 rings (SSSR count). The molecule has 0 radical (unpaired) electrons. The molecule has 0 aromatic carbocycles. The van der Waals surface area contributed by atoms with E-state index in [0.717, 1.165) is 18.9 Å². The molecule has 10 nitrogen and oxygen atoms in total. The molecule has 0 saturated heterocycles. The molecule has 194 valence electrons. The van der Waals surface area contributed by atoms with Crippen molar-refractivity contribution in [1.29, 1.82) is 0 Å². The van der Waals surface area contributed by atoms with Crippen LogP contribution in [-0.4, -0.2) is 61.1 Å². The molecular weight excluding hydrogens is 444 g/mol. The third kappa shape index (κ3) is 15.7. The fourth-order valence-electron chi connectivity index (χ4n) is 3.07. The number of alkyl carbamates (subject to hydrolysis) is 2. The lowest BCUT2D eigenvalue weighted by atomic mass is 9.82. The highest BCUT2D eigenvalue weighted by molar-refractivity contribution is 5.85. The van der Waals surface area contributed by atoms with Crippen molar-refractivity contribution in [2.24, 2.45) is 11.3 Å². The summed E-state index contributed by atoms with van der Waals surface area (Å²) in [5, 5.41) is 14.3. The van der Waals surface area contributed by atoms with Gasteiger partial charge in [0.1, 0.15) is 18.8 Å². The summed E-state index contributed by atoms with van der Waals surface area (Å²) in [7, 11) is 0. The predicted octanol–water partition coefficient (Wildman–Crippen LogP) is 3.81. The van der Waals surface area contributed by atoms with Crippen molar-refractivity contribution in [3.05, 3.63) is 24.3 Å². The second kappa shape index (κ2) is 15.7. The summed E-state index contributed by atoms with van der Waals surface area (Å²) in [4.78, 5) is 45.7. The minimum atomic E-state index is -0.999. The Kier molecular flexibility index (Phi) is 14.3. The standard InChI is InChI=1S/C24H40N2O8/c1-8-20(27)32-14-19(5)34-22(30)25-12-11-16(2)13-24(6,7)15-26-23(31)33-18(4)10-9-17(3)21(28)29/h8-9,16,18-19H,1,10-15H2,2-7H3,(H,25,30)(H,26,31)(H,28,29)/b17-9+. The van der Waals surface area contributed by atoms with E-state index in [1.807, 2.05) is 13.8 Å². The van der Waals surface area contributed by atoms with Gasteiger partial charge in [0, 0.05) is 31.2 Å². The Morgan fingerprint density at radius 1 is 1.03 bits per heavy atom. The molecule has 0 saturated carbocycles. The number of nitrogens with one attached hydrogen (secondary N) is 2. The van der Waals surface area contributed by atoms with Crippen molar-refractivity contribution in [2.75, 3.05) is 19.7 Å². The number of carboxylic acids is 1. The van der Waals surface area contributed by atoms with E-state index in [2.05, 4.69) is 24.1 Å². The lowest BCUT2D eigenvalue weighted by Crippen LogP contribution is -2.37.